The Morgan fingerprint density at radius 2 is 2.20 bits per heavy atom. The third-order valence-corrected chi connectivity index (χ3v) is 4.26. The van der Waals surface area contributed by atoms with Crippen molar-refractivity contribution in [1.82, 2.24) is 15.6 Å². The summed E-state index contributed by atoms with van der Waals surface area (Å²) >= 11 is 1.63. The molecule has 104 valence electrons. The average molecular weight is 287 g/mol. The lowest BCUT2D eigenvalue weighted by molar-refractivity contribution is -0.124. The maximum atomic E-state index is 11.7. The molecule has 0 radical (unpaired) electrons. The molecule has 3 rings (SSSR count). The molecule has 1 saturated heterocycles. The Labute approximate surface area is 122 Å². The number of carbonyl (C=O) groups excluding carboxylic acids is 1. The second-order valence-corrected chi connectivity index (χ2v) is 5.80. The number of rotatable bonds is 4. The minimum atomic E-state index is -0.0761. The second-order valence-electron chi connectivity index (χ2n) is 4.86. The van der Waals surface area contributed by atoms with Gasteiger partial charge in [-0.3, -0.25) is 10.1 Å². The van der Waals surface area contributed by atoms with Crippen LogP contribution in [0.1, 0.15) is 17.8 Å². The van der Waals surface area contributed by atoms with Gasteiger partial charge in [0, 0.05) is 24.0 Å². The van der Waals surface area contributed by atoms with Gasteiger partial charge >= 0.3 is 0 Å². The number of hydrogen-bond donors (Lipinski definition) is 2. The molecule has 1 fully saturated rings. The van der Waals surface area contributed by atoms with Gasteiger partial charge in [0.25, 0.3) is 0 Å². The van der Waals surface area contributed by atoms with Gasteiger partial charge in [-0.2, -0.15) is 0 Å². The lowest BCUT2D eigenvalue weighted by Crippen LogP contribution is -2.47. The van der Waals surface area contributed by atoms with Crippen LogP contribution < -0.4 is 10.6 Å². The highest BCUT2D eigenvalue weighted by atomic mass is 32.1. The Morgan fingerprint density at radius 3 is 3.00 bits per heavy atom. The first-order valence-electron chi connectivity index (χ1n) is 6.84. The number of aromatic nitrogens is 1. The van der Waals surface area contributed by atoms with Crippen molar-refractivity contribution in [3.8, 4) is 11.3 Å². The summed E-state index contributed by atoms with van der Waals surface area (Å²) in [5.41, 5.74) is 2.13. The molecule has 2 heterocycles. The molecular formula is C15H17N3OS. The molecular weight excluding hydrogens is 270 g/mol. The van der Waals surface area contributed by atoms with E-state index in [9.17, 15) is 4.79 Å². The maximum Gasteiger partial charge on any atom is 0.237 e. The quantitative estimate of drug-likeness (QED) is 0.906. The standard InChI is InChI=1S/C15H17N3OS/c19-15-12(7-4-8-16-15)17-9-14-18-13(10-20-14)11-5-2-1-3-6-11/h1-3,5-6,10,12,17H,4,7-9H2,(H,16,19). The Bertz CT molecular complexity index is 582. The molecule has 0 bridgehead atoms. The molecule has 1 aliphatic rings. The van der Waals surface area contributed by atoms with E-state index in [1.807, 2.05) is 18.2 Å². The van der Waals surface area contributed by atoms with Crippen LogP contribution in [0, 0.1) is 0 Å². The summed E-state index contributed by atoms with van der Waals surface area (Å²) < 4.78 is 0. The van der Waals surface area contributed by atoms with E-state index in [1.54, 1.807) is 11.3 Å². The largest absolute Gasteiger partial charge is 0.355 e. The molecule has 1 aromatic heterocycles. The highest BCUT2D eigenvalue weighted by Crippen LogP contribution is 2.21. The smallest absolute Gasteiger partial charge is 0.237 e. The summed E-state index contributed by atoms with van der Waals surface area (Å²) in [4.78, 5) is 16.3. The molecule has 1 aromatic carbocycles. The molecule has 4 nitrogen and oxygen atoms in total. The van der Waals surface area contributed by atoms with Crippen LogP contribution in [0.4, 0.5) is 0 Å². The van der Waals surface area contributed by atoms with Crippen molar-refractivity contribution < 1.29 is 4.79 Å². The van der Waals surface area contributed by atoms with Gasteiger partial charge in [0.15, 0.2) is 0 Å². The van der Waals surface area contributed by atoms with Crippen molar-refractivity contribution in [3.05, 3.63) is 40.7 Å². The van der Waals surface area contributed by atoms with Crippen LogP contribution in [0.5, 0.6) is 0 Å². The molecule has 0 saturated carbocycles. The predicted molar refractivity (Wildman–Crippen MR) is 80.4 cm³/mol. The Kier molecular flexibility index (Phi) is 4.08. The first-order valence-corrected chi connectivity index (χ1v) is 7.72. The van der Waals surface area contributed by atoms with Gasteiger partial charge < -0.3 is 5.32 Å². The molecule has 1 aliphatic heterocycles. The van der Waals surface area contributed by atoms with Crippen LogP contribution >= 0.6 is 11.3 Å². The van der Waals surface area contributed by atoms with Crippen LogP contribution in [-0.2, 0) is 11.3 Å². The fraction of sp³-hybridized carbons (Fsp3) is 0.333. The highest BCUT2D eigenvalue weighted by molar-refractivity contribution is 7.09. The van der Waals surface area contributed by atoms with Crippen molar-refractivity contribution in [3.63, 3.8) is 0 Å². The Balaban J connectivity index is 1.61. The zero-order chi connectivity index (χ0) is 13.8. The Hall–Kier alpha value is -1.72. The van der Waals surface area contributed by atoms with E-state index in [0.29, 0.717) is 6.54 Å². The predicted octanol–water partition coefficient (Wildman–Crippen LogP) is 2.18. The summed E-state index contributed by atoms with van der Waals surface area (Å²) in [6, 6.07) is 10.1. The summed E-state index contributed by atoms with van der Waals surface area (Å²) in [6.45, 7) is 1.45. The van der Waals surface area contributed by atoms with E-state index in [0.717, 1.165) is 35.7 Å². The minimum absolute atomic E-state index is 0.0761. The zero-order valence-corrected chi connectivity index (χ0v) is 12.0. The number of amides is 1. The normalized spacial score (nSPS) is 18.8. The van der Waals surface area contributed by atoms with Gasteiger partial charge in [0.05, 0.1) is 11.7 Å². The van der Waals surface area contributed by atoms with Crippen molar-refractivity contribution in [1.29, 1.82) is 0 Å². The van der Waals surface area contributed by atoms with Crippen LogP contribution in [0.25, 0.3) is 11.3 Å². The number of thiazole rings is 1. The third-order valence-electron chi connectivity index (χ3n) is 3.41. The van der Waals surface area contributed by atoms with E-state index in [2.05, 4.69) is 33.1 Å². The SMILES string of the molecule is O=C1NCCCC1NCc1nc(-c2ccccc2)cs1. The fourth-order valence-corrected chi connectivity index (χ4v) is 3.07. The topological polar surface area (TPSA) is 54.0 Å². The van der Waals surface area contributed by atoms with Crippen LogP contribution in [0.15, 0.2) is 35.7 Å². The monoisotopic (exact) mass is 287 g/mol. The van der Waals surface area contributed by atoms with E-state index in [1.165, 1.54) is 0 Å². The summed E-state index contributed by atoms with van der Waals surface area (Å²) in [5, 5.41) is 9.25. The number of piperidine rings is 1. The van der Waals surface area contributed by atoms with Gasteiger partial charge in [-0.05, 0) is 12.8 Å². The van der Waals surface area contributed by atoms with E-state index < -0.39 is 0 Å². The van der Waals surface area contributed by atoms with Crippen molar-refractivity contribution in [2.45, 2.75) is 25.4 Å². The molecule has 5 heteroatoms. The molecule has 2 N–H and O–H groups in total. The van der Waals surface area contributed by atoms with Crippen LogP contribution in [-0.4, -0.2) is 23.5 Å². The van der Waals surface area contributed by atoms with E-state index >= 15 is 0 Å². The van der Waals surface area contributed by atoms with Gasteiger partial charge in [-0.15, -0.1) is 11.3 Å². The molecule has 1 unspecified atom stereocenters. The molecule has 0 aliphatic carbocycles. The lowest BCUT2D eigenvalue weighted by Gasteiger charge is -2.22. The molecule has 1 amide bonds. The second kappa shape index (κ2) is 6.15. The summed E-state index contributed by atoms with van der Waals surface area (Å²) in [5.74, 6) is 0.107. The van der Waals surface area contributed by atoms with Gasteiger partial charge in [-0.1, -0.05) is 30.3 Å². The van der Waals surface area contributed by atoms with Crippen LogP contribution in [0.3, 0.4) is 0 Å². The minimum Gasteiger partial charge on any atom is -0.355 e. The van der Waals surface area contributed by atoms with Crippen molar-refractivity contribution in [2.75, 3.05) is 6.54 Å². The van der Waals surface area contributed by atoms with Crippen molar-refractivity contribution >= 4 is 17.2 Å². The first-order chi connectivity index (χ1) is 9.83. The fourth-order valence-electron chi connectivity index (χ4n) is 2.31. The summed E-state index contributed by atoms with van der Waals surface area (Å²) in [7, 11) is 0. The number of nitrogens with zero attached hydrogens (tertiary/aromatic N) is 1. The molecule has 1 atom stereocenters. The summed E-state index contributed by atoms with van der Waals surface area (Å²) in [6.07, 6.45) is 1.94. The maximum absolute atomic E-state index is 11.7. The van der Waals surface area contributed by atoms with E-state index in [-0.39, 0.29) is 11.9 Å². The van der Waals surface area contributed by atoms with Gasteiger partial charge in [0.2, 0.25) is 5.91 Å². The number of hydrogen-bond acceptors (Lipinski definition) is 4. The lowest BCUT2D eigenvalue weighted by atomic mass is 10.1. The number of benzene rings is 1. The highest BCUT2D eigenvalue weighted by Gasteiger charge is 2.21. The third kappa shape index (κ3) is 3.05. The molecule has 20 heavy (non-hydrogen) atoms. The number of nitrogens with one attached hydrogen (secondary N) is 2. The number of carbonyl (C=O) groups is 1. The van der Waals surface area contributed by atoms with Crippen LogP contribution in [0.2, 0.25) is 0 Å². The molecule has 2 aromatic rings. The zero-order valence-electron chi connectivity index (χ0n) is 11.1. The van der Waals surface area contributed by atoms with Crippen molar-refractivity contribution in [2.24, 2.45) is 0 Å². The average Bonchev–Trinajstić information content (AvgIpc) is 2.96. The first kappa shape index (κ1) is 13.3. The molecule has 0 spiro atoms. The van der Waals surface area contributed by atoms with Gasteiger partial charge in [-0.25, -0.2) is 4.98 Å². The Morgan fingerprint density at radius 1 is 1.35 bits per heavy atom. The van der Waals surface area contributed by atoms with E-state index in [4.69, 9.17) is 0 Å². The van der Waals surface area contributed by atoms with Gasteiger partial charge in [0.1, 0.15) is 5.01 Å².